The van der Waals surface area contributed by atoms with Crippen molar-refractivity contribution in [3.8, 4) is 0 Å². The maximum absolute atomic E-state index is 13.9. The predicted molar refractivity (Wildman–Crippen MR) is 150 cm³/mol. The molecule has 3 aliphatic rings. The fraction of sp³-hybridized carbons (Fsp3) is 0.516. The number of rotatable bonds is 6. The highest BCUT2D eigenvalue weighted by molar-refractivity contribution is 5.87. The predicted octanol–water partition coefficient (Wildman–Crippen LogP) is 5.99. The van der Waals surface area contributed by atoms with Crippen LogP contribution in [0.1, 0.15) is 92.6 Å². The molecule has 3 heterocycles. The Labute approximate surface area is 223 Å². The first-order chi connectivity index (χ1) is 18.6. The number of piperidine rings is 1. The summed E-state index contributed by atoms with van der Waals surface area (Å²) in [4.78, 5) is 32.8. The molecule has 0 amide bonds. The number of benzene rings is 2. The molecule has 7 nitrogen and oxygen atoms in total. The van der Waals surface area contributed by atoms with Crippen molar-refractivity contribution in [3.05, 3.63) is 70.0 Å². The van der Waals surface area contributed by atoms with E-state index in [1.807, 2.05) is 34.9 Å². The number of carboxylic acids is 1. The summed E-state index contributed by atoms with van der Waals surface area (Å²) in [7, 11) is 0. The fourth-order valence-corrected chi connectivity index (χ4v) is 7.36. The van der Waals surface area contributed by atoms with E-state index in [4.69, 9.17) is 4.98 Å². The molecule has 38 heavy (non-hydrogen) atoms. The third-order valence-corrected chi connectivity index (χ3v) is 9.05. The Morgan fingerprint density at radius 3 is 2.32 bits per heavy atom. The van der Waals surface area contributed by atoms with Crippen LogP contribution < -0.4 is 10.9 Å². The summed E-state index contributed by atoms with van der Waals surface area (Å²) in [6, 6.07) is 16.7. The minimum absolute atomic E-state index is 0.0816. The molecule has 0 radical (unpaired) electrons. The highest BCUT2D eigenvalue weighted by Gasteiger charge is 2.44. The normalized spacial score (nSPS) is 24.7. The maximum Gasteiger partial charge on any atom is 0.335 e. The molecule has 1 saturated carbocycles. The van der Waals surface area contributed by atoms with Crippen LogP contribution in [0.5, 0.6) is 0 Å². The number of nitrogens with one attached hydrogen (secondary N) is 1. The van der Waals surface area contributed by atoms with Crippen molar-refractivity contribution in [1.29, 1.82) is 0 Å². The second-order valence-electron chi connectivity index (χ2n) is 11.4. The molecular weight excluding hydrogens is 476 g/mol. The Balaban J connectivity index is 1.27. The second kappa shape index (κ2) is 10.9. The molecule has 2 aromatic carbocycles. The van der Waals surface area contributed by atoms with E-state index in [1.165, 1.54) is 57.8 Å². The molecule has 3 fully saturated rings. The van der Waals surface area contributed by atoms with Crippen molar-refractivity contribution in [3.63, 3.8) is 0 Å². The highest BCUT2D eigenvalue weighted by Crippen LogP contribution is 2.44. The first-order valence-electron chi connectivity index (χ1n) is 14.4. The number of anilines is 1. The Hall–Kier alpha value is -3.19. The Morgan fingerprint density at radius 2 is 1.58 bits per heavy atom. The summed E-state index contributed by atoms with van der Waals surface area (Å²) in [5.74, 6) is -0.627. The average Bonchev–Trinajstić information content (AvgIpc) is 3.16. The van der Waals surface area contributed by atoms with Crippen LogP contribution in [0.25, 0.3) is 11.0 Å². The summed E-state index contributed by atoms with van der Waals surface area (Å²) < 4.78 is 2.01. The van der Waals surface area contributed by atoms with Gasteiger partial charge in [0.2, 0.25) is 0 Å². The zero-order valence-electron chi connectivity index (χ0n) is 22.0. The maximum atomic E-state index is 13.9. The number of para-hydroxylation sites is 2. The first kappa shape index (κ1) is 25.1. The lowest BCUT2D eigenvalue weighted by molar-refractivity contribution is 0.0498. The van der Waals surface area contributed by atoms with Gasteiger partial charge in [0.25, 0.3) is 5.56 Å². The minimum Gasteiger partial charge on any atom is -0.478 e. The number of hydrogen-bond donors (Lipinski definition) is 2. The van der Waals surface area contributed by atoms with Crippen LogP contribution >= 0.6 is 0 Å². The molecule has 1 aromatic heterocycles. The molecule has 7 heteroatoms. The van der Waals surface area contributed by atoms with Gasteiger partial charge in [-0.25, -0.2) is 9.78 Å². The number of nitrogens with zero attached hydrogens (tertiary/aromatic N) is 3. The van der Waals surface area contributed by atoms with E-state index in [-0.39, 0.29) is 17.2 Å². The SMILES string of the molecule is O=C(O)c1cccc(CNc2nc3ccccc3n([C@H]3C[C@H]4CC[C@@H](C3)N4C3CCCCCCC3)c2=O)c1. The van der Waals surface area contributed by atoms with Crippen molar-refractivity contribution in [2.24, 2.45) is 0 Å². The monoisotopic (exact) mass is 514 g/mol. The zero-order valence-corrected chi connectivity index (χ0v) is 22.0. The summed E-state index contributed by atoms with van der Waals surface area (Å²) >= 11 is 0. The van der Waals surface area contributed by atoms with Crippen LogP contribution in [-0.2, 0) is 6.54 Å². The molecular formula is C31H38N4O3. The van der Waals surface area contributed by atoms with Crippen LogP contribution in [0.3, 0.4) is 0 Å². The van der Waals surface area contributed by atoms with Crippen molar-refractivity contribution in [2.45, 2.75) is 101 Å². The molecule has 200 valence electrons. The summed E-state index contributed by atoms with van der Waals surface area (Å²) in [5.41, 5.74) is 2.67. The van der Waals surface area contributed by atoms with E-state index in [0.29, 0.717) is 30.5 Å². The van der Waals surface area contributed by atoms with E-state index in [2.05, 4.69) is 10.2 Å². The van der Waals surface area contributed by atoms with E-state index >= 15 is 0 Å². The van der Waals surface area contributed by atoms with Crippen LogP contribution in [0.2, 0.25) is 0 Å². The quantitative estimate of drug-likeness (QED) is 0.420. The van der Waals surface area contributed by atoms with E-state index < -0.39 is 5.97 Å². The molecule has 2 N–H and O–H groups in total. The van der Waals surface area contributed by atoms with Crippen LogP contribution in [0, 0.1) is 0 Å². The van der Waals surface area contributed by atoms with Gasteiger partial charge in [0.15, 0.2) is 5.82 Å². The number of hydrogen-bond acceptors (Lipinski definition) is 5. The molecule has 0 spiro atoms. The molecule has 0 unspecified atom stereocenters. The molecule has 2 bridgehead atoms. The molecule has 3 atom stereocenters. The number of carboxylic acid groups (broad SMARTS) is 1. The van der Waals surface area contributed by atoms with Gasteiger partial charge in [-0.15, -0.1) is 0 Å². The van der Waals surface area contributed by atoms with Crippen molar-refractivity contribution < 1.29 is 9.90 Å². The zero-order chi connectivity index (χ0) is 26.1. The molecule has 6 rings (SSSR count). The van der Waals surface area contributed by atoms with Crippen LogP contribution in [-0.4, -0.2) is 43.7 Å². The lowest BCUT2D eigenvalue weighted by Crippen LogP contribution is -2.50. The molecule has 3 aromatic rings. The van der Waals surface area contributed by atoms with Crippen LogP contribution in [0.4, 0.5) is 5.82 Å². The van der Waals surface area contributed by atoms with Gasteiger partial charge in [0.1, 0.15) is 0 Å². The standard InChI is InChI=1S/C31H38N4O3/c36-30-29(32-20-21-9-8-10-22(17-21)31(37)38)33-27-13-6-7-14-28(27)35(30)26-18-24-15-16-25(19-26)34(24)23-11-4-2-1-3-5-12-23/h6-10,13-14,17,23-26H,1-5,11-12,15-16,18-20H2,(H,32,33)(H,37,38)/t24-,25+,26+. The van der Waals surface area contributed by atoms with E-state index in [1.54, 1.807) is 18.2 Å². The fourth-order valence-electron chi connectivity index (χ4n) is 7.36. The average molecular weight is 515 g/mol. The van der Waals surface area contributed by atoms with E-state index in [0.717, 1.165) is 29.4 Å². The lowest BCUT2D eigenvalue weighted by atomic mass is 9.89. The van der Waals surface area contributed by atoms with Gasteiger partial charge >= 0.3 is 5.97 Å². The van der Waals surface area contributed by atoms with Crippen molar-refractivity contribution >= 4 is 22.8 Å². The van der Waals surface area contributed by atoms with Crippen molar-refractivity contribution in [1.82, 2.24) is 14.5 Å². The van der Waals surface area contributed by atoms with Crippen molar-refractivity contribution in [2.75, 3.05) is 5.32 Å². The Morgan fingerprint density at radius 1 is 0.868 bits per heavy atom. The number of aromatic carboxylic acids is 1. The van der Waals surface area contributed by atoms with Gasteiger partial charge < -0.3 is 15.0 Å². The molecule has 1 aliphatic carbocycles. The number of carbonyl (C=O) groups is 1. The number of aromatic nitrogens is 2. The third kappa shape index (κ3) is 4.96. The minimum atomic E-state index is -0.960. The van der Waals surface area contributed by atoms with Gasteiger partial charge in [0.05, 0.1) is 16.6 Å². The smallest absolute Gasteiger partial charge is 0.335 e. The topological polar surface area (TPSA) is 87.5 Å². The molecule has 2 aliphatic heterocycles. The van der Waals surface area contributed by atoms with Gasteiger partial charge in [-0.2, -0.15) is 0 Å². The summed E-state index contributed by atoms with van der Waals surface area (Å²) in [6.07, 6.45) is 14.0. The Bertz CT molecular complexity index is 1350. The van der Waals surface area contributed by atoms with Gasteiger partial charge in [-0.1, -0.05) is 56.4 Å². The summed E-state index contributed by atoms with van der Waals surface area (Å²) in [6.45, 7) is 0.340. The van der Waals surface area contributed by atoms with Gasteiger partial charge in [0, 0.05) is 30.7 Å². The first-order valence-corrected chi connectivity index (χ1v) is 14.4. The molecule has 2 saturated heterocycles. The largest absolute Gasteiger partial charge is 0.478 e. The third-order valence-electron chi connectivity index (χ3n) is 9.05. The lowest BCUT2D eigenvalue weighted by Gasteiger charge is -2.45. The second-order valence-corrected chi connectivity index (χ2v) is 11.4. The number of fused-ring (bicyclic) bond motifs is 3. The van der Waals surface area contributed by atoms with Gasteiger partial charge in [-0.05, 0) is 68.4 Å². The van der Waals surface area contributed by atoms with Crippen LogP contribution in [0.15, 0.2) is 53.3 Å². The highest BCUT2D eigenvalue weighted by atomic mass is 16.4. The van der Waals surface area contributed by atoms with E-state index in [9.17, 15) is 14.7 Å². The van der Waals surface area contributed by atoms with Gasteiger partial charge in [-0.3, -0.25) is 9.69 Å². The summed E-state index contributed by atoms with van der Waals surface area (Å²) in [5, 5.41) is 12.6. The Kier molecular flexibility index (Phi) is 7.20.